The number of rotatable bonds is 3. The molecule has 194 valence electrons. The van der Waals surface area contributed by atoms with Crippen LogP contribution in [0.4, 0.5) is 0 Å². The predicted octanol–water partition coefficient (Wildman–Crippen LogP) is 8.92. The van der Waals surface area contributed by atoms with Gasteiger partial charge in [0.05, 0.1) is 11.3 Å². The van der Waals surface area contributed by atoms with Gasteiger partial charge in [-0.25, -0.2) is 9.55 Å². The van der Waals surface area contributed by atoms with Crippen molar-refractivity contribution in [2.24, 2.45) is 17.9 Å². The number of aromatic nitrogens is 2. The van der Waals surface area contributed by atoms with E-state index in [1.54, 1.807) is 0 Å². The van der Waals surface area contributed by atoms with Gasteiger partial charge in [0, 0.05) is 33.9 Å². The lowest BCUT2D eigenvalue weighted by molar-refractivity contribution is -0.660. The third kappa shape index (κ3) is 3.86. The van der Waals surface area contributed by atoms with Gasteiger partial charge in [-0.05, 0) is 59.4 Å². The summed E-state index contributed by atoms with van der Waals surface area (Å²) in [4.78, 5) is 5.44. The Hall–Kier alpha value is -3.46. The Morgan fingerprint density at radius 1 is 0.816 bits per heavy atom. The van der Waals surface area contributed by atoms with Crippen molar-refractivity contribution in [3.8, 4) is 22.4 Å². The molecular weight excluding hydrogens is 464 g/mol. The van der Waals surface area contributed by atoms with E-state index in [2.05, 4.69) is 127 Å². The number of nitrogens with zero attached hydrogens (tertiary/aromatic N) is 2. The normalized spacial score (nSPS) is 14.7. The first-order valence-corrected chi connectivity index (χ1v) is 13.8. The largest absolute Gasteiger partial charge is 0.437 e. The molecule has 0 radical (unpaired) electrons. The van der Waals surface area contributed by atoms with Crippen LogP contribution in [0.3, 0.4) is 0 Å². The zero-order valence-electron chi connectivity index (χ0n) is 24.1. The van der Waals surface area contributed by atoms with Crippen LogP contribution in [0.1, 0.15) is 71.2 Å². The quantitative estimate of drug-likeness (QED) is 0.230. The van der Waals surface area contributed by atoms with E-state index in [9.17, 15) is 0 Å². The van der Waals surface area contributed by atoms with Crippen molar-refractivity contribution in [2.45, 2.75) is 66.7 Å². The van der Waals surface area contributed by atoms with E-state index >= 15 is 0 Å². The molecule has 5 aromatic rings. The lowest BCUT2D eigenvalue weighted by Gasteiger charge is -2.41. The molecule has 38 heavy (non-hydrogen) atoms. The van der Waals surface area contributed by atoms with Gasteiger partial charge in [0.25, 0.3) is 0 Å². The summed E-state index contributed by atoms with van der Waals surface area (Å²) in [5.41, 5.74) is 10.4. The Morgan fingerprint density at radius 3 is 2.18 bits per heavy atom. The van der Waals surface area contributed by atoms with Crippen LogP contribution in [0.15, 0.2) is 71.3 Å². The van der Waals surface area contributed by atoms with Crippen LogP contribution in [0.25, 0.3) is 44.5 Å². The molecule has 0 fully saturated rings. The summed E-state index contributed by atoms with van der Waals surface area (Å²) in [6.07, 6.45) is 4.15. The zero-order chi connectivity index (χ0) is 27.0. The van der Waals surface area contributed by atoms with Crippen molar-refractivity contribution in [1.29, 1.82) is 0 Å². The highest BCUT2D eigenvalue weighted by Gasteiger charge is 2.49. The lowest BCUT2D eigenvalue weighted by atomic mass is 9.63. The molecule has 2 aromatic carbocycles. The van der Waals surface area contributed by atoms with Crippen LogP contribution in [-0.2, 0) is 12.5 Å². The minimum Gasteiger partial charge on any atom is -0.437 e. The van der Waals surface area contributed by atoms with Gasteiger partial charge < -0.3 is 4.42 Å². The smallest absolute Gasteiger partial charge is 0.227 e. The molecule has 0 bridgehead atoms. The molecule has 3 heterocycles. The minimum atomic E-state index is -0.166. The number of fused-ring (bicyclic) bond motifs is 6. The molecule has 0 spiro atoms. The molecule has 0 saturated heterocycles. The van der Waals surface area contributed by atoms with Gasteiger partial charge in [0.1, 0.15) is 7.05 Å². The van der Waals surface area contributed by atoms with Crippen molar-refractivity contribution in [3.63, 3.8) is 0 Å². The van der Waals surface area contributed by atoms with E-state index in [0.717, 1.165) is 46.2 Å². The summed E-state index contributed by atoms with van der Waals surface area (Å²) in [5, 5.41) is 2.22. The summed E-state index contributed by atoms with van der Waals surface area (Å²) >= 11 is 0. The molecule has 0 N–H and O–H groups in total. The van der Waals surface area contributed by atoms with Gasteiger partial charge in [-0.3, -0.25) is 0 Å². The van der Waals surface area contributed by atoms with Crippen LogP contribution in [-0.4, -0.2) is 4.98 Å². The van der Waals surface area contributed by atoms with Gasteiger partial charge in [0.2, 0.25) is 11.4 Å². The lowest BCUT2D eigenvalue weighted by Crippen LogP contribution is -2.35. The monoisotopic (exact) mass is 503 g/mol. The highest BCUT2D eigenvalue weighted by molar-refractivity contribution is 6.10. The number of hydrogen-bond acceptors (Lipinski definition) is 2. The van der Waals surface area contributed by atoms with E-state index < -0.39 is 0 Å². The van der Waals surface area contributed by atoms with E-state index in [1.165, 1.54) is 27.9 Å². The molecule has 0 unspecified atom stereocenters. The average Bonchev–Trinajstić information content (AvgIpc) is 3.30. The molecule has 0 amide bonds. The molecule has 6 rings (SSSR count). The fourth-order valence-corrected chi connectivity index (χ4v) is 7.03. The van der Waals surface area contributed by atoms with Crippen molar-refractivity contribution in [2.75, 3.05) is 0 Å². The molecule has 1 aliphatic carbocycles. The highest BCUT2D eigenvalue weighted by atomic mass is 16.3. The standard InChI is InChI=1S/C35H39N2O/c1-22-16-17-24-26-19-25-23-13-9-10-14-27(23)35(20-33(2,3)4,21-34(5,6)7)31(25)36-32(26)38-30(24)29(22)28-15-11-12-18-37(28)8/h9-19H,20-21H2,1-8H3/q+1. The van der Waals surface area contributed by atoms with Gasteiger partial charge in [-0.15, -0.1) is 0 Å². The Balaban J connectivity index is 1.69. The summed E-state index contributed by atoms with van der Waals surface area (Å²) in [7, 11) is 2.09. The molecule has 3 aromatic heterocycles. The fraction of sp³-hybridized carbons (Fsp3) is 0.371. The molecule has 0 atom stereocenters. The van der Waals surface area contributed by atoms with Gasteiger partial charge in [-0.1, -0.05) is 77.9 Å². The third-order valence-electron chi connectivity index (χ3n) is 8.00. The van der Waals surface area contributed by atoms with Crippen LogP contribution in [0.2, 0.25) is 0 Å². The summed E-state index contributed by atoms with van der Waals surface area (Å²) in [6.45, 7) is 16.3. The number of aryl methyl sites for hydroxylation is 2. The summed E-state index contributed by atoms with van der Waals surface area (Å²) in [6, 6.07) is 22.1. The molecule has 3 nitrogen and oxygen atoms in total. The first-order chi connectivity index (χ1) is 17.9. The van der Waals surface area contributed by atoms with Crippen molar-refractivity contribution < 1.29 is 8.98 Å². The van der Waals surface area contributed by atoms with Gasteiger partial charge in [0.15, 0.2) is 11.8 Å². The van der Waals surface area contributed by atoms with E-state index in [1.807, 2.05) is 0 Å². The minimum absolute atomic E-state index is 0.136. The fourth-order valence-electron chi connectivity index (χ4n) is 7.03. The maximum atomic E-state index is 6.73. The van der Waals surface area contributed by atoms with Gasteiger partial charge in [-0.2, -0.15) is 0 Å². The molecule has 3 heteroatoms. The van der Waals surface area contributed by atoms with E-state index in [0.29, 0.717) is 0 Å². The van der Waals surface area contributed by atoms with E-state index in [4.69, 9.17) is 9.40 Å². The molecule has 1 aliphatic rings. The predicted molar refractivity (Wildman–Crippen MR) is 157 cm³/mol. The third-order valence-corrected chi connectivity index (χ3v) is 8.00. The second-order valence-corrected chi connectivity index (χ2v) is 13.8. The topological polar surface area (TPSA) is 29.9 Å². The highest BCUT2D eigenvalue weighted by Crippen LogP contribution is 2.58. The van der Waals surface area contributed by atoms with Crippen LogP contribution in [0.5, 0.6) is 0 Å². The molecule has 0 aliphatic heterocycles. The number of benzene rings is 2. The molecule has 0 saturated carbocycles. The number of hydrogen-bond donors (Lipinski definition) is 0. The van der Waals surface area contributed by atoms with Crippen LogP contribution >= 0.6 is 0 Å². The first kappa shape index (κ1) is 24.9. The summed E-state index contributed by atoms with van der Waals surface area (Å²) < 4.78 is 8.89. The van der Waals surface area contributed by atoms with Crippen molar-refractivity contribution in [1.82, 2.24) is 4.98 Å². The first-order valence-electron chi connectivity index (χ1n) is 13.8. The second-order valence-electron chi connectivity index (χ2n) is 13.8. The number of furan rings is 1. The Labute approximate surface area is 226 Å². The maximum Gasteiger partial charge on any atom is 0.227 e. The van der Waals surface area contributed by atoms with Crippen molar-refractivity contribution >= 4 is 22.1 Å². The SMILES string of the molecule is Cc1ccc2c(oc3nc4c(cc32)-c2ccccc2C4(CC(C)(C)C)CC(C)(C)C)c1-c1cccc[n+]1C. The van der Waals surface area contributed by atoms with Gasteiger partial charge >= 0.3 is 0 Å². The van der Waals surface area contributed by atoms with Crippen molar-refractivity contribution in [3.05, 3.63) is 83.7 Å². The second kappa shape index (κ2) is 8.27. The average molecular weight is 504 g/mol. The number of pyridine rings is 2. The molecular formula is C35H39N2O+. The zero-order valence-corrected chi connectivity index (χ0v) is 24.1. The summed E-state index contributed by atoms with van der Waals surface area (Å²) in [5.74, 6) is 0. The van der Waals surface area contributed by atoms with Crippen LogP contribution in [0, 0.1) is 17.8 Å². The Bertz CT molecular complexity index is 1690. The maximum absolute atomic E-state index is 6.73. The van der Waals surface area contributed by atoms with Crippen LogP contribution < -0.4 is 4.57 Å². The Morgan fingerprint density at radius 2 is 1.50 bits per heavy atom. The Kier molecular flexibility index (Phi) is 5.41. The van der Waals surface area contributed by atoms with E-state index in [-0.39, 0.29) is 16.2 Å².